The van der Waals surface area contributed by atoms with Gasteiger partial charge in [0.15, 0.2) is 5.78 Å². The lowest BCUT2D eigenvalue weighted by molar-refractivity contribution is -0.112. The summed E-state index contributed by atoms with van der Waals surface area (Å²) in [5.41, 5.74) is 3.22. The van der Waals surface area contributed by atoms with Crippen LogP contribution >= 0.6 is 23.2 Å². The smallest absolute Gasteiger partial charge is 0.160 e. The largest absolute Gasteiger partial charge is 0.496 e. The summed E-state index contributed by atoms with van der Waals surface area (Å²) in [5.74, 6) is 0.378. The van der Waals surface area contributed by atoms with Crippen LogP contribution in [0.3, 0.4) is 0 Å². The fourth-order valence-corrected chi connectivity index (χ4v) is 1.48. The third-order valence-electron chi connectivity index (χ3n) is 1.68. The Morgan fingerprint density at radius 1 is 1.56 bits per heavy atom. The van der Waals surface area contributed by atoms with Gasteiger partial charge < -0.3 is 4.74 Å². The molecule has 84 valence electrons. The molecule has 5 heteroatoms. The number of ketones is 1. The zero-order valence-corrected chi connectivity index (χ0v) is 10.3. The topological polar surface area (TPSA) is 39.2 Å². The van der Waals surface area contributed by atoms with Gasteiger partial charge in [-0.2, -0.15) is 0 Å². The average Bonchev–Trinajstić information content (AvgIpc) is 2.20. The highest BCUT2D eigenvalue weighted by atomic mass is 35.5. The highest BCUT2D eigenvalue weighted by molar-refractivity contribution is 6.33. The van der Waals surface area contributed by atoms with E-state index < -0.39 is 0 Å². The van der Waals surface area contributed by atoms with Crippen LogP contribution in [0.1, 0.15) is 12.5 Å². The molecule has 0 saturated carbocycles. The number of aromatic nitrogens is 1. The van der Waals surface area contributed by atoms with Gasteiger partial charge in [-0.1, -0.05) is 23.2 Å². The van der Waals surface area contributed by atoms with E-state index in [9.17, 15) is 4.79 Å². The van der Waals surface area contributed by atoms with Crippen molar-refractivity contribution in [2.45, 2.75) is 6.92 Å². The molecular weight excluding hydrogens is 249 g/mol. The summed E-state index contributed by atoms with van der Waals surface area (Å²) in [7, 11) is 1.49. The van der Waals surface area contributed by atoms with Crippen LogP contribution in [0.25, 0.3) is 6.08 Å². The number of methoxy groups -OCH3 is 1. The third kappa shape index (κ3) is 3.38. The molecule has 1 rings (SSSR count). The first-order valence-electron chi connectivity index (χ1n) is 4.37. The van der Waals surface area contributed by atoms with Crippen molar-refractivity contribution >= 4 is 35.1 Å². The van der Waals surface area contributed by atoms with E-state index in [0.717, 1.165) is 0 Å². The van der Waals surface area contributed by atoms with Crippen LogP contribution < -0.4 is 4.74 Å². The monoisotopic (exact) mass is 257 g/mol. The molecule has 0 N–H and O–H groups in total. The van der Waals surface area contributed by atoms with Crippen LogP contribution in [0.15, 0.2) is 17.9 Å². The minimum Gasteiger partial charge on any atom is -0.496 e. The van der Waals surface area contributed by atoms with E-state index in [1.807, 2.05) is 0 Å². The Bertz CT molecular complexity index is 477. The lowest BCUT2D eigenvalue weighted by Crippen LogP contribution is -1.90. The maximum absolute atomic E-state index is 10.7. The second kappa shape index (κ2) is 5.71. The highest BCUT2D eigenvalue weighted by Crippen LogP contribution is 2.28. The average molecular weight is 258 g/mol. The molecule has 0 aliphatic rings. The molecule has 0 bridgehead atoms. The summed E-state index contributed by atoms with van der Waals surface area (Å²) in [6, 6.07) is 1.54. The molecule has 0 atom stereocenters. The molecule has 0 amide bonds. The number of pyridine rings is 1. The van der Waals surface area contributed by atoms with E-state index in [1.54, 1.807) is 0 Å². The van der Waals surface area contributed by atoms with E-state index in [2.05, 4.69) is 10.7 Å². The first-order valence-corrected chi connectivity index (χ1v) is 5.13. The van der Waals surface area contributed by atoms with Gasteiger partial charge in [0.25, 0.3) is 0 Å². The minimum atomic E-state index is -0.103. The summed E-state index contributed by atoms with van der Waals surface area (Å²) >= 11 is 11.6. The predicted octanol–water partition coefficient (Wildman–Crippen LogP) is 3.15. The zero-order valence-electron chi connectivity index (χ0n) is 8.75. The van der Waals surface area contributed by atoms with Crippen LogP contribution in [-0.2, 0) is 4.79 Å². The minimum absolute atomic E-state index is 0.103. The summed E-state index contributed by atoms with van der Waals surface area (Å²) in [4.78, 5) is 14.5. The molecule has 0 aliphatic carbocycles. The van der Waals surface area contributed by atoms with Crippen LogP contribution in [-0.4, -0.2) is 17.9 Å². The Hall–Kier alpha value is -1.28. The number of rotatable bonds is 3. The number of carbonyl (C=O) groups excluding carboxylic acids is 1. The molecule has 16 heavy (non-hydrogen) atoms. The summed E-state index contributed by atoms with van der Waals surface area (Å²) < 4.78 is 5.09. The van der Waals surface area contributed by atoms with Gasteiger partial charge in [0.2, 0.25) is 0 Å². The molecular formula is C11H9Cl2NO2. The number of allylic oxidation sites excluding steroid dienone is 1. The lowest BCUT2D eigenvalue weighted by Gasteiger charge is -2.05. The Kier molecular flexibility index (Phi) is 4.56. The van der Waals surface area contributed by atoms with Crippen molar-refractivity contribution in [2.24, 2.45) is 0 Å². The second-order valence-corrected chi connectivity index (χ2v) is 3.66. The van der Waals surface area contributed by atoms with Crippen molar-refractivity contribution < 1.29 is 9.53 Å². The number of carbonyl (C=O) groups is 1. The summed E-state index contributed by atoms with van der Waals surface area (Å²) in [6.07, 6.45) is 2.82. The maximum Gasteiger partial charge on any atom is 0.160 e. The van der Waals surface area contributed by atoms with Gasteiger partial charge in [0, 0.05) is 12.1 Å². The maximum atomic E-state index is 10.7. The van der Waals surface area contributed by atoms with Gasteiger partial charge in [-0.25, -0.2) is 4.98 Å². The molecule has 0 fully saturated rings. The zero-order chi connectivity index (χ0) is 12.1. The molecule has 3 nitrogen and oxygen atoms in total. The van der Waals surface area contributed by atoms with Crippen molar-refractivity contribution in [3.63, 3.8) is 0 Å². The van der Waals surface area contributed by atoms with E-state index in [0.29, 0.717) is 11.3 Å². The molecule has 1 aromatic heterocycles. The molecule has 1 aromatic rings. The Balaban J connectivity index is 3.22. The van der Waals surface area contributed by atoms with E-state index in [1.165, 1.54) is 32.3 Å². The first kappa shape index (κ1) is 12.8. The number of hydrogen-bond donors (Lipinski definition) is 0. The Morgan fingerprint density at radius 3 is 2.81 bits per heavy atom. The normalized spacial score (nSPS) is 9.25. The molecule has 0 radical (unpaired) electrons. The van der Waals surface area contributed by atoms with Crippen LogP contribution in [0.2, 0.25) is 10.3 Å². The Labute approximate surface area is 103 Å². The quantitative estimate of drug-likeness (QED) is 0.475. The second-order valence-electron chi connectivity index (χ2n) is 2.92. The van der Waals surface area contributed by atoms with E-state index >= 15 is 0 Å². The predicted molar refractivity (Wildman–Crippen MR) is 64.0 cm³/mol. The van der Waals surface area contributed by atoms with E-state index in [4.69, 9.17) is 27.9 Å². The van der Waals surface area contributed by atoms with Crippen molar-refractivity contribution in [3.05, 3.63) is 33.7 Å². The fraction of sp³-hybridized carbons (Fsp3) is 0.182. The Morgan fingerprint density at radius 2 is 2.25 bits per heavy atom. The van der Waals surface area contributed by atoms with Gasteiger partial charge in [0.05, 0.1) is 12.7 Å². The van der Waals surface area contributed by atoms with Crippen molar-refractivity contribution in [1.82, 2.24) is 4.98 Å². The lowest BCUT2D eigenvalue weighted by atomic mass is 10.2. The van der Waals surface area contributed by atoms with E-state index in [-0.39, 0.29) is 16.1 Å². The fourth-order valence-electron chi connectivity index (χ4n) is 1.02. The number of nitrogens with zero attached hydrogens (tertiary/aromatic N) is 1. The third-order valence-corrected chi connectivity index (χ3v) is 2.16. The number of halogens is 2. The van der Waals surface area contributed by atoms with Gasteiger partial charge in [-0.05, 0) is 13.0 Å². The molecule has 0 unspecified atom stereocenters. The number of hydrogen-bond acceptors (Lipinski definition) is 3. The molecule has 0 spiro atoms. The molecule has 0 aromatic carbocycles. The highest BCUT2D eigenvalue weighted by Gasteiger charge is 2.08. The van der Waals surface area contributed by atoms with Crippen LogP contribution in [0.4, 0.5) is 0 Å². The van der Waals surface area contributed by atoms with Crippen LogP contribution in [0, 0.1) is 0 Å². The molecule has 1 heterocycles. The summed E-state index contributed by atoms with van der Waals surface area (Å²) in [5, 5.41) is 0.448. The van der Waals surface area contributed by atoms with Gasteiger partial charge in [0.1, 0.15) is 16.1 Å². The van der Waals surface area contributed by atoms with Gasteiger partial charge in [-0.15, -0.1) is 5.73 Å². The van der Waals surface area contributed by atoms with Crippen molar-refractivity contribution in [1.29, 1.82) is 0 Å². The first-order chi connectivity index (χ1) is 7.54. The van der Waals surface area contributed by atoms with Gasteiger partial charge >= 0.3 is 0 Å². The number of ether oxygens (including phenoxy) is 1. The van der Waals surface area contributed by atoms with Crippen molar-refractivity contribution in [3.8, 4) is 5.75 Å². The standard InChI is InChI=1S/C11H9Cl2NO2/c1-7(15)4-3-5-8-9(16-2)6-10(12)14-11(8)13/h4-6H,1-2H3. The van der Waals surface area contributed by atoms with Gasteiger partial charge in [-0.3, -0.25) is 4.79 Å². The van der Waals surface area contributed by atoms with Crippen LogP contribution in [0.5, 0.6) is 5.75 Å². The molecule has 0 saturated heterocycles. The molecule has 0 aliphatic heterocycles. The van der Waals surface area contributed by atoms with Crippen molar-refractivity contribution in [2.75, 3.05) is 7.11 Å². The SMILES string of the molecule is COc1cc(Cl)nc(Cl)c1C=C=CC(C)=O. The summed E-state index contributed by atoms with van der Waals surface area (Å²) in [6.45, 7) is 1.43.